The highest BCUT2D eigenvalue weighted by atomic mass is 16.5. The van der Waals surface area contributed by atoms with Crippen molar-refractivity contribution >= 4 is 16.6 Å². The summed E-state index contributed by atoms with van der Waals surface area (Å²) >= 11 is 0. The van der Waals surface area contributed by atoms with Gasteiger partial charge in [-0.25, -0.2) is 4.98 Å². The molecule has 2 aromatic rings. The normalized spacial score (nSPS) is 14.0. The number of methoxy groups -OCH3 is 1. The number of ether oxygens (including phenoxy) is 1. The number of pyridine rings is 1. The van der Waals surface area contributed by atoms with Gasteiger partial charge in [-0.1, -0.05) is 13.0 Å². The first-order valence-electron chi connectivity index (χ1n) is 7.03. The van der Waals surface area contributed by atoms with Crippen molar-refractivity contribution in [1.82, 2.24) is 4.98 Å². The fourth-order valence-electron chi connectivity index (χ4n) is 2.31. The summed E-state index contributed by atoms with van der Waals surface area (Å²) in [4.78, 5) is 4.49. The van der Waals surface area contributed by atoms with E-state index in [2.05, 4.69) is 24.1 Å². The molecule has 1 unspecified atom stereocenters. The second-order valence-electron chi connectivity index (χ2n) is 5.32. The molecule has 1 heterocycles. The number of anilines is 1. The SMILES string of the molecule is CCC(C)(CCN)Nc1nccc2ccc(OC)cc12. The summed E-state index contributed by atoms with van der Waals surface area (Å²) in [6.07, 6.45) is 3.73. The molecule has 4 heteroatoms. The van der Waals surface area contributed by atoms with Gasteiger partial charge in [0.15, 0.2) is 0 Å². The summed E-state index contributed by atoms with van der Waals surface area (Å²) in [5.41, 5.74) is 5.68. The van der Waals surface area contributed by atoms with Crippen LogP contribution < -0.4 is 15.8 Å². The Morgan fingerprint density at radius 3 is 2.80 bits per heavy atom. The van der Waals surface area contributed by atoms with Crippen LogP contribution in [0.25, 0.3) is 10.8 Å². The number of nitrogens with zero attached hydrogens (tertiary/aromatic N) is 1. The molecule has 0 bridgehead atoms. The van der Waals surface area contributed by atoms with Gasteiger partial charge in [-0.3, -0.25) is 0 Å². The molecule has 0 spiro atoms. The largest absolute Gasteiger partial charge is 0.497 e. The third-order valence-corrected chi connectivity index (χ3v) is 3.87. The number of hydrogen-bond acceptors (Lipinski definition) is 4. The number of nitrogens with one attached hydrogen (secondary N) is 1. The minimum Gasteiger partial charge on any atom is -0.497 e. The lowest BCUT2D eigenvalue weighted by Crippen LogP contribution is -2.36. The Morgan fingerprint density at radius 1 is 1.35 bits per heavy atom. The van der Waals surface area contributed by atoms with Crippen molar-refractivity contribution in [2.45, 2.75) is 32.2 Å². The minimum atomic E-state index is -0.0425. The highest BCUT2D eigenvalue weighted by Crippen LogP contribution is 2.29. The monoisotopic (exact) mass is 273 g/mol. The topological polar surface area (TPSA) is 60.2 Å². The molecule has 0 saturated carbocycles. The molecule has 2 rings (SSSR count). The van der Waals surface area contributed by atoms with E-state index in [1.165, 1.54) is 0 Å². The van der Waals surface area contributed by atoms with Gasteiger partial charge in [0.2, 0.25) is 0 Å². The first-order valence-corrected chi connectivity index (χ1v) is 7.03. The molecule has 0 fully saturated rings. The summed E-state index contributed by atoms with van der Waals surface area (Å²) in [5, 5.41) is 5.77. The van der Waals surface area contributed by atoms with Crippen LogP contribution in [0, 0.1) is 0 Å². The van der Waals surface area contributed by atoms with Crippen LogP contribution in [0.5, 0.6) is 5.75 Å². The fourth-order valence-corrected chi connectivity index (χ4v) is 2.31. The first kappa shape index (κ1) is 14.6. The zero-order valence-electron chi connectivity index (χ0n) is 12.4. The maximum atomic E-state index is 5.72. The average Bonchev–Trinajstić information content (AvgIpc) is 2.47. The summed E-state index contributed by atoms with van der Waals surface area (Å²) in [6, 6.07) is 8.04. The minimum absolute atomic E-state index is 0.0425. The van der Waals surface area contributed by atoms with Gasteiger partial charge >= 0.3 is 0 Å². The van der Waals surface area contributed by atoms with Crippen molar-refractivity contribution in [3.8, 4) is 5.75 Å². The maximum absolute atomic E-state index is 5.72. The maximum Gasteiger partial charge on any atom is 0.134 e. The summed E-state index contributed by atoms with van der Waals surface area (Å²) in [6.45, 7) is 5.00. The molecule has 1 aromatic carbocycles. The Morgan fingerprint density at radius 2 is 2.15 bits per heavy atom. The van der Waals surface area contributed by atoms with Crippen LogP contribution in [-0.2, 0) is 0 Å². The van der Waals surface area contributed by atoms with Crippen molar-refractivity contribution in [3.05, 3.63) is 30.5 Å². The zero-order chi connectivity index (χ0) is 14.6. The quantitative estimate of drug-likeness (QED) is 0.848. The zero-order valence-corrected chi connectivity index (χ0v) is 12.4. The predicted molar refractivity (Wildman–Crippen MR) is 84.3 cm³/mol. The number of rotatable bonds is 6. The number of benzene rings is 1. The van der Waals surface area contributed by atoms with Crippen LogP contribution in [-0.4, -0.2) is 24.2 Å². The van der Waals surface area contributed by atoms with E-state index in [0.29, 0.717) is 6.54 Å². The molecular weight excluding hydrogens is 250 g/mol. The van der Waals surface area contributed by atoms with Gasteiger partial charge in [0.05, 0.1) is 7.11 Å². The lowest BCUT2D eigenvalue weighted by atomic mass is 9.94. The molecule has 0 aliphatic heterocycles. The lowest BCUT2D eigenvalue weighted by Gasteiger charge is -2.30. The molecule has 0 aliphatic carbocycles. The number of fused-ring (bicyclic) bond motifs is 1. The van der Waals surface area contributed by atoms with Crippen molar-refractivity contribution in [3.63, 3.8) is 0 Å². The highest BCUT2D eigenvalue weighted by molar-refractivity contribution is 5.93. The van der Waals surface area contributed by atoms with E-state index < -0.39 is 0 Å². The highest BCUT2D eigenvalue weighted by Gasteiger charge is 2.22. The molecule has 4 nitrogen and oxygen atoms in total. The van der Waals surface area contributed by atoms with Gasteiger partial charge in [-0.05, 0) is 49.9 Å². The summed E-state index contributed by atoms with van der Waals surface area (Å²) in [5.74, 6) is 1.73. The van der Waals surface area contributed by atoms with Crippen LogP contribution in [0.1, 0.15) is 26.7 Å². The van der Waals surface area contributed by atoms with Crippen molar-refractivity contribution < 1.29 is 4.74 Å². The third kappa shape index (κ3) is 3.02. The van der Waals surface area contributed by atoms with Gasteiger partial charge in [0.25, 0.3) is 0 Å². The molecule has 20 heavy (non-hydrogen) atoms. The summed E-state index contributed by atoms with van der Waals surface area (Å²) in [7, 11) is 1.68. The second-order valence-corrected chi connectivity index (χ2v) is 5.32. The number of nitrogens with two attached hydrogens (primary N) is 1. The Bertz CT molecular complexity index is 585. The van der Waals surface area contributed by atoms with Gasteiger partial charge in [0, 0.05) is 17.1 Å². The molecule has 0 radical (unpaired) electrons. The first-order chi connectivity index (χ1) is 9.61. The predicted octanol–water partition coefficient (Wildman–Crippen LogP) is 3.17. The molecule has 0 amide bonds. The Hall–Kier alpha value is -1.81. The van der Waals surface area contributed by atoms with Gasteiger partial charge in [0.1, 0.15) is 11.6 Å². The van der Waals surface area contributed by atoms with E-state index in [1.807, 2.05) is 30.5 Å². The fraction of sp³-hybridized carbons (Fsp3) is 0.438. The van der Waals surface area contributed by atoms with Crippen LogP contribution in [0.3, 0.4) is 0 Å². The van der Waals surface area contributed by atoms with Crippen LogP contribution in [0.15, 0.2) is 30.5 Å². The van der Waals surface area contributed by atoms with E-state index in [4.69, 9.17) is 10.5 Å². The lowest BCUT2D eigenvalue weighted by molar-refractivity contribution is 0.415. The van der Waals surface area contributed by atoms with E-state index in [0.717, 1.165) is 35.2 Å². The Balaban J connectivity index is 2.43. The molecular formula is C16H23N3O. The Labute approximate surface area is 120 Å². The Kier molecular flexibility index (Phi) is 4.45. The van der Waals surface area contributed by atoms with E-state index in [-0.39, 0.29) is 5.54 Å². The van der Waals surface area contributed by atoms with Crippen molar-refractivity contribution in [2.24, 2.45) is 5.73 Å². The van der Waals surface area contributed by atoms with Crippen molar-refractivity contribution in [2.75, 3.05) is 19.0 Å². The van der Waals surface area contributed by atoms with Crippen molar-refractivity contribution in [1.29, 1.82) is 0 Å². The summed E-state index contributed by atoms with van der Waals surface area (Å²) < 4.78 is 5.31. The molecule has 0 aliphatic rings. The molecule has 108 valence electrons. The average molecular weight is 273 g/mol. The number of aromatic nitrogens is 1. The van der Waals surface area contributed by atoms with Gasteiger partial charge < -0.3 is 15.8 Å². The third-order valence-electron chi connectivity index (χ3n) is 3.87. The van der Waals surface area contributed by atoms with E-state index >= 15 is 0 Å². The van der Waals surface area contributed by atoms with E-state index in [1.54, 1.807) is 7.11 Å². The van der Waals surface area contributed by atoms with E-state index in [9.17, 15) is 0 Å². The standard InChI is InChI=1S/C16H23N3O/c1-4-16(2,8-9-17)19-15-14-11-13(20-3)6-5-12(14)7-10-18-15/h5-7,10-11H,4,8-9,17H2,1-3H3,(H,18,19). The van der Waals surface area contributed by atoms with Crippen LogP contribution >= 0.6 is 0 Å². The molecule has 1 atom stereocenters. The van der Waals surface area contributed by atoms with Crippen LogP contribution in [0.4, 0.5) is 5.82 Å². The van der Waals surface area contributed by atoms with Gasteiger partial charge in [-0.2, -0.15) is 0 Å². The number of hydrogen-bond donors (Lipinski definition) is 2. The molecule has 0 saturated heterocycles. The second kappa shape index (κ2) is 6.09. The van der Waals surface area contributed by atoms with Crippen LogP contribution in [0.2, 0.25) is 0 Å². The smallest absolute Gasteiger partial charge is 0.134 e. The molecule has 3 N–H and O–H groups in total. The molecule has 1 aromatic heterocycles. The van der Waals surface area contributed by atoms with Gasteiger partial charge in [-0.15, -0.1) is 0 Å².